The Morgan fingerprint density at radius 1 is 1.56 bits per heavy atom. The van der Waals surface area contributed by atoms with E-state index < -0.39 is 0 Å². The van der Waals surface area contributed by atoms with E-state index >= 15 is 0 Å². The van der Waals surface area contributed by atoms with E-state index in [0.717, 1.165) is 25.8 Å². The van der Waals surface area contributed by atoms with Crippen LogP contribution in [0.5, 0.6) is 0 Å². The molecule has 1 aromatic heterocycles. The minimum Gasteiger partial charge on any atom is -0.354 e. The molecule has 1 aromatic rings. The van der Waals surface area contributed by atoms with Crippen molar-refractivity contribution in [3.05, 3.63) is 18.5 Å². The number of nitrogens with zero attached hydrogens (tertiary/aromatic N) is 2. The van der Waals surface area contributed by atoms with Crippen LogP contribution in [0.3, 0.4) is 0 Å². The van der Waals surface area contributed by atoms with Crippen molar-refractivity contribution < 1.29 is 4.79 Å². The molecule has 2 unspecified atom stereocenters. The van der Waals surface area contributed by atoms with Crippen LogP contribution in [0.4, 0.5) is 0 Å². The van der Waals surface area contributed by atoms with Gasteiger partial charge in [-0.05, 0) is 25.3 Å². The predicted molar refractivity (Wildman–Crippen MR) is 60.6 cm³/mol. The van der Waals surface area contributed by atoms with Crippen LogP contribution in [0.25, 0.3) is 0 Å². The normalized spacial score (nSPS) is 24.6. The number of amides is 1. The molecule has 5 nitrogen and oxygen atoms in total. The van der Waals surface area contributed by atoms with Crippen LogP contribution >= 0.6 is 0 Å². The van der Waals surface area contributed by atoms with Gasteiger partial charge in [-0.25, -0.2) is 0 Å². The second-order valence-corrected chi connectivity index (χ2v) is 4.33. The van der Waals surface area contributed by atoms with E-state index in [9.17, 15) is 4.79 Å². The lowest BCUT2D eigenvalue weighted by Gasteiger charge is -2.10. The third-order valence-electron chi connectivity index (χ3n) is 3.04. The molecule has 88 valence electrons. The molecule has 0 saturated heterocycles. The highest BCUT2D eigenvalue weighted by Gasteiger charge is 2.27. The van der Waals surface area contributed by atoms with Crippen LogP contribution in [0, 0.1) is 5.92 Å². The summed E-state index contributed by atoms with van der Waals surface area (Å²) in [6.07, 6.45) is 6.34. The minimum atomic E-state index is 0.118. The van der Waals surface area contributed by atoms with E-state index in [1.165, 1.54) is 0 Å². The van der Waals surface area contributed by atoms with Gasteiger partial charge in [-0.3, -0.25) is 9.48 Å². The van der Waals surface area contributed by atoms with Crippen LogP contribution in [0.2, 0.25) is 0 Å². The number of carbonyl (C=O) groups excluding carboxylic acids is 1. The second kappa shape index (κ2) is 5.12. The van der Waals surface area contributed by atoms with Gasteiger partial charge in [-0.1, -0.05) is 0 Å². The zero-order chi connectivity index (χ0) is 11.4. The molecule has 1 heterocycles. The summed E-state index contributed by atoms with van der Waals surface area (Å²) in [4.78, 5) is 11.7. The van der Waals surface area contributed by atoms with Crippen LogP contribution < -0.4 is 11.1 Å². The lowest BCUT2D eigenvalue weighted by molar-refractivity contribution is -0.124. The summed E-state index contributed by atoms with van der Waals surface area (Å²) < 4.78 is 1.81. The van der Waals surface area contributed by atoms with Gasteiger partial charge < -0.3 is 11.1 Å². The molecule has 2 rings (SSSR count). The second-order valence-electron chi connectivity index (χ2n) is 4.33. The van der Waals surface area contributed by atoms with E-state index in [0.29, 0.717) is 6.54 Å². The summed E-state index contributed by atoms with van der Waals surface area (Å²) in [5.41, 5.74) is 5.77. The SMILES string of the molecule is NC1CCC(C(=O)NCCn2cccn2)C1. The Labute approximate surface area is 95.0 Å². The third-order valence-corrected chi connectivity index (χ3v) is 3.04. The van der Waals surface area contributed by atoms with Crippen LogP contribution in [0.1, 0.15) is 19.3 Å². The van der Waals surface area contributed by atoms with Gasteiger partial charge in [0.1, 0.15) is 0 Å². The van der Waals surface area contributed by atoms with Crippen molar-refractivity contribution in [2.24, 2.45) is 11.7 Å². The summed E-state index contributed by atoms with van der Waals surface area (Å²) in [5.74, 6) is 0.257. The molecule has 0 aliphatic heterocycles. The first-order valence-electron chi connectivity index (χ1n) is 5.76. The van der Waals surface area contributed by atoms with Gasteiger partial charge in [0.05, 0.1) is 6.54 Å². The van der Waals surface area contributed by atoms with Gasteiger partial charge in [0.15, 0.2) is 0 Å². The number of hydrogen-bond donors (Lipinski definition) is 2. The molecule has 1 saturated carbocycles. The molecule has 0 bridgehead atoms. The number of carbonyl (C=O) groups is 1. The van der Waals surface area contributed by atoms with Crippen molar-refractivity contribution in [3.8, 4) is 0 Å². The van der Waals surface area contributed by atoms with Gasteiger partial charge in [-0.2, -0.15) is 5.10 Å². The lowest BCUT2D eigenvalue weighted by atomic mass is 10.1. The van der Waals surface area contributed by atoms with Gasteiger partial charge >= 0.3 is 0 Å². The molecule has 5 heteroatoms. The van der Waals surface area contributed by atoms with Gasteiger partial charge in [-0.15, -0.1) is 0 Å². The van der Waals surface area contributed by atoms with Crippen molar-refractivity contribution in [2.45, 2.75) is 31.8 Å². The molecule has 1 amide bonds. The van der Waals surface area contributed by atoms with Crippen molar-refractivity contribution in [2.75, 3.05) is 6.54 Å². The van der Waals surface area contributed by atoms with Crippen molar-refractivity contribution in [1.29, 1.82) is 0 Å². The molecule has 16 heavy (non-hydrogen) atoms. The first-order chi connectivity index (χ1) is 7.75. The third kappa shape index (κ3) is 2.82. The predicted octanol–water partition coefficient (Wildman–Crippen LogP) is 0.127. The van der Waals surface area contributed by atoms with Gasteiger partial charge in [0.2, 0.25) is 5.91 Å². The minimum absolute atomic E-state index is 0.118. The Morgan fingerprint density at radius 3 is 3.06 bits per heavy atom. The van der Waals surface area contributed by atoms with Crippen LogP contribution in [-0.4, -0.2) is 28.3 Å². The standard InChI is InChI=1S/C11H18N4O/c12-10-3-2-9(8-10)11(16)13-5-7-15-6-1-4-14-15/h1,4,6,9-10H,2-3,5,7-8,12H2,(H,13,16). The first kappa shape index (κ1) is 11.1. The first-order valence-corrected chi connectivity index (χ1v) is 5.76. The molecule has 0 radical (unpaired) electrons. The Morgan fingerprint density at radius 2 is 2.44 bits per heavy atom. The average molecular weight is 222 g/mol. The smallest absolute Gasteiger partial charge is 0.223 e. The van der Waals surface area contributed by atoms with E-state index in [-0.39, 0.29) is 17.9 Å². The molecule has 1 fully saturated rings. The van der Waals surface area contributed by atoms with Crippen molar-refractivity contribution in [3.63, 3.8) is 0 Å². The van der Waals surface area contributed by atoms with Gasteiger partial charge in [0, 0.05) is 30.9 Å². The van der Waals surface area contributed by atoms with E-state index in [4.69, 9.17) is 5.73 Å². The Balaban J connectivity index is 1.68. The quantitative estimate of drug-likeness (QED) is 0.760. The fraction of sp³-hybridized carbons (Fsp3) is 0.636. The number of hydrogen-bond acceptors (Lipinski definition) is 3. The maximum atomic E-state index is 11.7. The summed E-state index contributed by atoms with van der Waals surface area (Å²) in [6, 6.07) is 2.08. The molecule has 1 aliphatic carbocycles. The van der Waals surface area contributed by atoms with Crippen molar-refractivity contribution in [1.82, 2.24) is 15.1 Å². The number of nitrogens with one attached hydrogen (secondary N) is 1. The largest absolute Gasteiger partial charge is 0.354 e. The Bertz CT molecular complexity index is 336. The maximum Gasteiger partial charge on any atom is 0.223 e. The highest BCUT2D eigenvalue weighted by Crippen LogP contribution is 2.23. The maximum absolute atomic E-state index is 11.7. The van der Waals surface area contributed by atoms with Crippen LogP contribution in [0.15, 0.2) is 18.5 Å². The van der Waals surface area contributed by atoms with Gasteiger partial charge in [0.25, 0.3) is 0 Å². The zero-order valence-corrected chi connectivity index (χ0v) is 9.30. The zero-order valence-electron chi connectivity index (χ0n) is 9.30. The van der Waals surface area contributed by atoms with E-state index in [2.05, 4.69) is 10.4 Å². The lowest BCUT2D eigenvalue weighted by Crippen LogP contribution is -2.32. The molecule has 1 aliphatic rings. The Hall–Kier alpha value is -1.36. The highest BCUT2D eigenvalue weighted by molar-refractivity contribution is 5.78. The number of aromatic nitrogens is 2. The molecule has 0 spiro atoms. The fourth-order valence-electron chi connectivity index (χ4n) is 2.13. The summed E-state index contributed by atoms with van der Waals surface area (Å²) in [5, 5.41) is 7.00. The van der Waals surface area contributed by atoms with Crippen LogP contribution in [-0.2, 0) is 11.3 Å². The molecule has 2 atom stereocenters. The number of rotatable bonds is 4. The molecule has 3 N–H and O–H groups in total. The molecule has 0 aromatic carbocycles. The highest BCUT2D eigenvalue weighted by atomic mass is 16.1. The fourth-order valence-corrected chi connectivity index (χ4v) is 2.13. The Kier molecular flexibility index (Phi) is 3.56. The monoisotopic (exact) mass is 222 g/mol. The van der Waals surface area contributed by atoms with Crippen molar-refractivity contribution >= 4 is 5.91 Å². The number of nitrogens with two attached hydrogens (primary N) is 1. The summed E-state index contributed by atoms with van der Waals surface area (Å²) >= 11 is 0. The summed E-state index contributed by atoms with van der Waals surface area (Å²) in [6.45, 7) is 1.35. The molecular weight excluding hydrogens is 204 g/mol. The topological polar surface area (TPSA) is 72.9 Å². The molecular formula is C11H18N4O. The van der Waals surface area contributed by atoms with E-state index in [1.54, 1.807) is 10.9 Å². The van der Waals surface area contributed by atoms with E-state index in [1.807, 2.05) is 12.3 Å². The average Bonchev–Trinajstić information content (AvgIpc) is 2.89. The summed E-state index contributed by atoms with van der Waals surface area (Å²) in [7, 11) is 0.